The summed E-state index contributed by atoms with van der Waals surface area (Å²) in [6.45, 7) is 3.17. The molecular formula is C24H22N2O2. The zero-order chi connectivity index (χ0) is 19.3. The van der Waals surface area contributed by atoms with E-state index in [4.69, 9.17) is 9.47 Å². The van der Waals surface area contributed by atoms with Crippen molar-refractivity contribution in [3.05, 3.63) is 66.0 Å². The van der Waals surface area contributed by atoms with Crippen LogP contribution in [0.25, 0.3) is 33.3 Å². The van der Waals surface area contributed by atoms with Gasteiger partial charge in [-0.3, -0.25) is 4.98 Å². The van der Waals surface area contributed by atoms with E-state index in [0.717, 1.165) is 30.0 Å². The highest BCUT2D eigenvalue weighted by atomic mass is 16.5. The van der Waals surface area contributed by atoms with E-state index in [2.05, 4.69) is 58.9 Å². The third-order valence-corrected chi connectivity index (χ3v) is 5.79. The van der Waals surface area contributed by atoms with Crippen molar-refractivity contribution in [3.8, 4) is 33.9 Å². The van der Waals surface area contributed by atoms with Crippen LogP contribution in [0.1, 0.15) is 11.3 Å². The largest absolute Gasteiger partial charge is 0.493 e. The predicted octanol–water partition coefficient (Wildman–Crippen LogP) is 5.25. The number of benzene rings is 2. The lowest BCUT2D eigenvalue weighted by atomic mass is 9.97. The molecule has 0 unspecified atom stereocenters. The second-order valence-corrected chi connectivity index (χ2v) is 7.17. The van der Waals surface area contributed by atoms with Gasteiger partial charge in [0.1, 0.15) is 0 Å². The molecule has 0 radical (unpaired) electrons. The van der Waals surface area contributed by atoms with E-state index >= 15 is 0 Å². The molecule has 0 atom stereocenters. The molecule has 0 bridgehead atoms. The van der Waals surface area contributed by atoms with Crippen LogP contribution in [0.2, 0.25) is 0 Å². The summed E-state index contributed by atoms with van der Waals surface area (Å²) in [4.78, 5) is 4.52. The van der Waals surface area contributed by atoms with E-state index < -0.39 is 0 Å². The maximum absolute atomic E-state index is 5.55. The van der Waals surface area contributed by atoms with Gasteiger partial charge in [0, 0.05) is 40.6 Å². The monoisotopic (exact) mass is 370 g/mol. The maximum atomic E-state index is 5.55. The van der Waals surface area contributed by atoms with Gasteiger partial charge in [-0.05, 0) is 54.8 Å². The van der Waals surface area contributed by atoms with Gasteiger partial charge < -0.3 is 14.0 Å². The molecule has 1 aliphatic heterocycles. The van der Waals surface area contributed by atoms with Crippen molar-refractivity contribution in [2.45, 2.75) is 19.9 Å². The Labute approximate surface area is 164 Å². The quantitative estimate of drug-likeness (QED) is 0.494. The highest BCUT2D eigenvalue weighted by molar-refractivity contribution is 5.96. The molecule has 5 rings (SSSR count). The summed E-state index contributed by atoms with van der Waals surface area (Å²) < 4.78 is 13.5. The van der Waals surface area contributed by atoms with E-state index in [9.17, 15) is 0 Å². The zero-order valence-electron chi connectivity index (χ0n) is 16.3. The summed E-state index contributed by atoms with van der Waals surface area (Å²) in [5.41, 5.74) is 8.55. The average Bonchev–Trinajstić information content (AvgIpc) is 3.09. The summed E-state index contributed by atoms with van der Waals surface area (Å²) in [5, 5.41) is 1.18. The minimum Gasteiger partial charge on any atom is -0.493 e. The molecule has 0 aliphatic carbocycles. The first-order chi connectivity index (χ1) is 13.7. The van der Waals surface area contributed by atoms with Crippen LogP contribution in [-0.4, -0.2) is 23.8 Å². The van der Waals surface area contributed by atoms with Gasteiger partial charge in [-0.2, -0.15) is 0 Å². The first-order valence-electron chi connectivity index (χ1n) is 9.50. The van der Waals surface area contributed by atoms with E-state index in [1.165, 1.54) is 39.0 Å². The van der Waals surface area contributed by atoms with Crippen LogP contribution >= 0.6 is 0 Å². The fourth-order valence-corrected chi connectivity index (χ4v) is 4.37. The Morgan fingerprint density at radius 1 is 0.893 bits per heavy atom. The SMILES string of the molecule is COc1cc2c(cc1OC)-c1cc(-c3cccc4ncccc34)c(C)n1CC2. The van der Waals surface area contributed by atoms with Gasteiger partial charge in [0.25, 0.3) is 0 Å². The van der Waals surface area contributed by atoms with Crippen molar-refractivity contribution in [3.63, 3.8) is 0 Å². The molecule has 1 aliphatic rings. The Morgan fingerprint density at radius 3 is 2.54 bits per heavy atom. The van der Waals surface area contributed by atoms with E-state index in [1.54, 1.807) is 14.2 Å². The topological polar surface area (TPSA) is 36.3 Å². The van der Waals surface area contributed by atoms with E-state index in [-0.39, 0.29) is 0 Å². The summed E-state index contributed by atoms with van der Waals surface area (Å²) in [7, 11) is 3.37. The normalized spacial score (nSPS) is 12.5. The molecule has 0 amide bonds. The first kappa shape index (κ1) is 16.9. The predicted molar refractivity (Wildman–Crippen MR) is 112 cm³/mol. The highest BCUT2D eigenvalue weighted by Gasteiger charge is 2.23. The van der Waals surface area contributed by atoms with Crippen LogP contribution in [0.3, 0.4) is 0 Å². The summed E-state index contributed by atoms with van der Waals surface area (Å²) in [6.07, 6.45) is 2.83. The molecule has 0 saturated carbocycles. The number of aryl methyl sites for hydroxylation is 1. The fourth-order valence-electron chi connectivity index (χ4n) is 4.37. The lowest BCUT2D eigenvalue weighted by Gasteiger charge is -2.22. The van der Waals surface area contributed by atoms with Crippen LogP contribution in [0.15, 0.2) is 54.7 Å². The number of aromatic nitrogens is 2. The van der Waals surface area contributed by atoms with Crippen LogP contribution in [0, 0.1) is 6.92 Å². The van der Waals surface area contributed by atoms with Gasteiger partial charge in [-0.25, -0.2) is 0 Å². The molecule has 2 aromatic carbocycles. The minimum absolute atomic E-state index is 0.768. The number of hydrogen-bond acceptors (Lipinski definition) is 3. The molecule has 4 aromatic rings. The third-order valence-electron chi connectivity index (χ3n) is 5.79. The number of methoxy groups -OCH3 is 2. The smallest absolute Gasteiger partial charge is 0.161 e. The Kier molecular flexibility index (Phi) is 3.86. The zero-order valence-corrected chi connectivity index (χ0v) is 16.3. The maximum Gasteiger partial charge on any atom is 0.161 e. The van der Waals surface area contributed by atoms with Crippen molar-refractivity contribution < 1.29 is 9.47 Å². The summed E-state index contributed by atoms with van der Waals surface area (Å²) >= 11 is 0. The molecule has 3 heterocycles. The van der Waals surface area contributed by atoms with E-state index in [0.29, 0.717) is 0 Å². The number of ether oxygens (including phenoxy) is 2. The van der Waals surface area contributed by atoms with Gasteiger partial charge in [0.2, 0.25) is 0 Å². The van der Waals surface area contributed by atoms with Crippen molar-refractivity contribution in [2.24, 2.45) is 0 Å². The van der Waals surface area contributed by atoms with Gasteiger partial charge in [0.05, 0.1) is 19.7 Å². The van der Waals surface area contributed by atoms with Crippen LogP contribution < -0.4 is 9.47 Å². The number of hydrogen-bond donors (Lipinski definition) is 0. The van der Waals surface area contributed by atoms with E-state index in [1.807, 2.05) is 12.3 Å². The molecule has 0 spiro atoms. The van der Waals surface area contributed by atoms with Crippen LogP contribution in [0.4, 0.5) is 0 Å². The van der Waals surface area contributed by atoms with Gasteiger partial charge in [-0.1, -0.05) is 18.2 Å². The molecule has 140 valence electrons. The Hall–Kier alpha value is -3.27. The first-order valence-corrected chi connectivity index (χ1v) is 9.50. The number of pyridine rings is 1. The number of fused-ring (bicyclic) bond motifs is 4. The lowest BCUT2D eigenvalue weighted by molar-refractivity contribution is 0.354. The Bertz CT molecular complexity index is 1200. The van der Waals surface area contributed by atoms with Crippen LogP contribution in [-0.2, 0) is 13.0 Å². The minimum atomic E-state index is 0.768. The molecular weight excluding hydrogens is 348 g/mol. The van der Waals surface area contributed by atoms with Crippen molar-refractivity contribution in [1.82, 2.24) is 9.55 Å². The molecule has 2 aromatic heterocycles. The molecule has 28 heavy (non-hydrogen) atoms. The average molecular weight is 370 g/mol. The Morgan fingerprint density at radius 2 is 1.71 bits per heavy atom. The number of rotatable bonds is 3. The van der Waals surface area contributed by atoms with Crippen molar-refractivity contribution >= 4 is 10.9 Å². The number of nitrogens with zero attached hydrogens (tertiary/aromatic N) is 2. The van der Waals surface area contributed by atoms with Crippen molar-refractivity contribution in [1.29, 1.82) is 0 Å². The molecule has 4 heteroatoms. The lowest BCUT2D eigenvalue weighted by Crippen LogP contribution is -2.12. The molecule has 0 saturated heterocycles. The second kappa shape index (κ2) is 6.41. The van der Waals surface area contributed by atoms with Crippen molar-refractivity contribution in [2.75, 3.05) is 14.2 Å². The molecule has 0 fully saturated rings. The third kappa shape index (κ3) is 2.41. The second-order valence-electron chi connectivity index (χ2n) is 7.17. The Balaban J connectivity index is 1.73. The van der Waals surface area contributed by atoms with Gasteiger partial charge >= 0.3 is 0 Å². The fraction of sp³-hybridized carbons (Fsp3) is 0.208. The molecule has 4 nitrogen and oxygen atoms in total. The summed E-state index contributed by atoms with van der Waals surface area (Å²) in [6, 6.07) is 17.0. The van der Waals surface area contributed by atoms with Gasteiger partial charge in [-0.15, -0.1) is 0 Å². The highest BCUT2D eigenvalue weighted by Crippen LogP contribution is 2.42. The standard InChI is InChI=1S/C24H22N2O2/c1-15-19(17-6-4-8-21-18(17)7-5-10-25-21)13-22-20-14-24(28-3)23(27-2)12-16(20)9-11-26(15)22/h4-8,10,12-14H,9,11H2,1-3H3. The summed E-state index contributed by atoms with van der Waals surface area (Å²) in [5.74, 6) is 1.56. The van der Waals surface area contributed by atoms with Gasteiger partial charge in [0.15, 0.2) is 11.5 Å². The molecule has 0 N–H and O–H groups in total. The van der Waals surface area contributed by atoms with Crippen LogP contribution in [0.5, 0.6) is 11.5 Å².